The quantitative estimate of drug-likeness (QED) is 0.315. The number of nitriles is 1. The van der Waals surface area contributed by atoms with Crippen LogP contribution < -0.4 is 15.6 Å². The number of halogens is 2. The van der Waals surface area contributed by atoms with Crippen molar-refractivity contribution >= 4 is 35.6 Å². The van der Waals surface area contributed by atoms with E-state index in [0.717, 1.165) is 15.6 Å². The van der Waals surface area contributed by atoms with Crippen LogP contribution in [-0.4, -0.2) is 23.7 Å². The van der Waals surface area contributed by atoms with Crippen LogP contribution in [0, 0.1) is 11.3 Å². The summed E-state index contributed by atoms with van der Waals surface area (Å²) in [6.07, 6.45) is 1.09. The lowest BCUT2D eigenvalue weighted by Crippen LogP contribution is -2.69. The molecule has 0 aliphatic heterocycles. The summed E-state index contributed by atoms with van der Waals surface area (Å²) in [5.74, 6) is -3.61. The van der Waals surface area contributed by atoms with E-state index in [-0.39, 0.29) is 16.9 Å². The van der Waals surface area contributed by atoms with Crippen LogP contribution >= 0.6 is 11.8 Å². The van der Waals surface area contributed by atoms with Crippen LogP contribution in [0.25, 0.3) is 0 Å². The highest BCUT2D eigenvalue weighted by atomic mass is 32.2. The summed E-state index contributed by atoms with van der Waals surface area (Å²) in [6, 6.07) is 31.2. The average Bonchev–Trinajstić information content (AvgIpc) is 2.84. The molecule has 0 radical (unpaired) electrons. The second kappa shape index (κ2) is 9.64. The summed E-state index contributed by atoms with van der Waals surface area (Å²) < 4.78 is 36.9. The Balaban J connectivity index is 1.88. The number of allylic oxidation sites excluding steroid dienone is 2. The second-order valence-corrected chi connectivity index (χ2v) is 15.4. The SMILES string of the molecule is CC(C)(C)SC1(C#N)CC=C(O[Si](c2ccccc2)(c2ccccc2)c2ccccc2)C(F)(F)C1. The van der Waals surface area contributed by atoms with E-state index < -0.39 is 25.4 Å². The molecule has 1 aliphatic rings. The number of hydrogen-bond acceptors (Lipinski definition) is 3. The van der Waals surface area contributed by atoms with E-state index in [1.165, 1.54) is 17.8 Å². The fourth-order valence-electron chi connectivity index (χ4n) is 4.67. The van der Waals surface area contributed by atoms with Gasteiger partial charge in [-0.3, -0.25) is 0 Å². The molecule has 180 valence electrons. The van der Waals surface area contributed by atoms with Crippen molar-refractivity contribution in [2.75, 3.05) is 0 Å². The van der Waals surface area contributed by atoms with E-state index in [4.69, 9.17) is 4.43 Å². The van der Waals surface area contributed by atoms with Crippen molar-refractivity contribution in [3.63, 3.8) is 0 Å². The molecule has 2 nitrogen and oxygen atoms in total. The number of hydrogen-bond donors (Lipinski definition) is 0. The van der Waals surface area contributed by atoms with Crippen molar-refractivity contribution in [1.82, 2.24) is 0 Å². The summed E-state index contributed by atoms with van der Waals surface area (Å²) in [5, 5.41) is 12.6. The van der Waals surface area contributed by atoms with Crippen LogP contribution in [0.1, 0.15) is 33.6 Å². The predicted octanol–water partition coefficient (Wildman–Crippen LogP) is 5.78. The van der Waals surface area contributed by atoms with Crippen molar-refractivity contribution in [2.45, 2.75) is 49.0 Å². The van der Waals surface area contributed by atoms with E-state index in [9.17, 15) is 5.26 Å². The van der Waals surface area contributed by atoms with Gasteiger partial charge in [0.2, 0.25) is 0 Å². The van der Waals surface area contributed by atoms with Gasteiger partial charge in [-0.1, -0.05) is 112 Å². The highest BCUT2D eigenvalue weighted by molar-refractivity contribution is 8.02. The van der Waals surface area contributed by atoms with Crippen LogP contribution in [0.15, 0.2) is 103 Å². The van der Waals surface area contributed by atoms with Gasteiger partial charge in [-0.25, -0.2) is 0 Å². The summed E-state index contributed by atoms with van der Waals surface area (Å²) in [7, 11) is -3.34. The van der Waals surface area contributed by atoms with Crippen LogP contribution in [0.4, 0.5) is 8.78 Å². The molecule has 0 bridgehead atoms. The average molecular weight is 506 g/mol. The molecular weight excluding hydrogens is 476 g/mol. The van der Waals surface area contributed by atoms with Gasteiger partial charge in [-0.2, -0.15) is 14.0 Å². The molecule has 0 fully saturated rings. The predicted molar refractivity (Wildman–Crippen MR) is 143 cm³/mol. The van der Waals surface area contributed by atoms with Gasteiger partial charge in [-0.05, 0) is 28.1 Å². The number of thioether (sulfide) groups is 1. The Morgan fingerprint density at radius 3 is 1.60 bits per heavy atom. The van der Waals surface area contributed by atoms with Gasteiger partial charge in [0, 0.05) is 11.2 Å². The van der Waals surface area contributed by atoms with E-state index in [1.54, 1.807) is 0 Å². The van der Waals surface area contributed by atoms with Gasteiger partial charge < -0.3 is 4.43 Å². The smallest absolute Gasteiger partial charge is 0.346 e. The van der Waals surface area contributed by atoms with Crippen LogP contribution in [0.3, 0.4) is 0 Å². The molecule has 35 heavy (non-hydrogen) atoms. The third-order valence-corrected chi connectivity index (χ3v) is 11.4. The molecule has 1 unspecified atom stereocenters. The lowest BCUT2D eigenvalue weighted by atomic mass is 9.91. The number of nitrogens with zero attached hydrogens (tertiary/aromatic N) is 1. The normalized spacial score (nSPS) is 19.9. The van der Waals surface area contributed by atoms with Crippen LogP contribution in [-0.2, 0) is 4.43 Å². The molecule has 1 atom stereocenters. The van der Waals surface area contributed by atoms with Gasteiger partial charge in [0.15, 0.2) is 0 Å². The summed E-state index contributed by atoms with van der Waals surface area (Å²) in [5.41, 5.74) is 0. The van der Waals surface area contributed by atoms with Crippen LogP contribution in [0.5, 0.6) is 0 Å². The largest absolute Gasteiger partial charge is 0.529 e. The van der Waals surface area contributed by atoms with E-state index in [1.807, 2.05) is 112 Å². The maximum atomic E-state index is 15.9. The van der Waals surface area contributed by atoms with Gasteiger partial charge in [0.05, 0.1) is 6.07 Å². The zero-order valence-electron chi connectivity index (χ0n) is 20.2. The maximum Gasteiger partial charge on any atom is 0.346 e. The Bertz CT molecular complexity index is 1120. The number of alkyl halides is 2. The van der Waals surface area contributed by atoms with Gasteiger partial charge >= 0.3 is 14.2 Å². The van der Waals surface area contributed by atoms with Crippen molar-refractivity contribution in [3.8, 4) is 6.07 Å². The fourth-order valence-corrected chi connectivity index (χ4v) is 10.2. The molecule has 4 rings (SSSR count). The molecule has 0 aromatic heterocycles. The molecule has 0 amide bonds. The fraction of sp³-hybridized carbons (Fsp3) is 0.276. The summed E-state index contributed by atoms with van der Waals surface area (Å²) >= 11 is 1.31. The zero-order chi connectivity index (χ0) is 25.2. The first-order chi connectivity index (χ1) is 16.6. The van der Waals surface area contributed by atoms with E-state index in [2.05, 4.69) is 6.07 Å². The minimum Gasteiger partial charge on any atom is -0.529 e. The molecular formula is C29H29F2NOSSi. The summed E-state index contributed by atoms with van der Waals surface area (Å²) in [6.45, 7) is 5.84. The van der Waals surface area contributed by atoms with Crippen molar-refractivity contribution in [1.29, 1.82) is 5.26 Å². The van der Waals surface area contributed by atoms with E-state index in [0.29, 0.717) is 0 Å². The van der Waals surface area contributed by atoms with Gasteiger partial charge in [0.1, 0.15) is 10.5 Å². The first kappa shape index (κ1) is 25.2. The molecule has 6 heteroatoms. The van der Waals surface area contributed by atoms with Crippen molar-refractivity contribution < 1.29 is 13.2 Å². The standard InChI is InChI=1S/C29H29F2NOSSi/c1-27(2,3)34-28(22-32)20-19-26(29(30,31)21-28)33-35(23-13-7-4-8-14-23,24-15-9-5-10-16-24)25-17-11-6-12-18-25/h4-19H,20-21H2,1-3H3. The topological polar surface area (TPSA) is 33.0 Å². The van der Waals surface area contributed by atoms with Gasteiger partial charge in [0.25, 0.3) is 0 Å². The third-order valence-electron chi connectivity index (χ3n) is 5.99. The molecule has 0 saturated heterocycles. The Kier molecular flexibility index (Phi) is 6.94. The second-order valence-electron chi connectivity index (χ2n) is 9.86. The molecule has 0 N–H and O–H groups in total. The van der Waals surface area contributed by atoms with Crippen molar-refractivity contribution in [2.24, 2.45) is 0 Å². The zero-order valence-corrected chi connectivity index (χ0v) is 22.0. The summed E-state index contributed by atoms with van der Waals surface area (Å²) in [4.78, 5) is 0. The highest BCUT2D eigenvalue weighted by Crippen LogP contribution is 2.50. The van der Waals surface area contributed by atoms with Crippen LogP contribution in [0.2, 0.25) is 0 Å². The molecule has 1 aliphatic carbocycles. The number of benzene rings is 3. The lowest BCUT2D eigenvalue weighted by molar-refractivity contribution is -0.0149. The Morgan fingerprint density at radius 1 is 0.829 bits per heavy atom. The number of rotatable bonds is 6. The first-order valence-corrected chi connectivity index (χ1v) is 14.4. The first-order valence-electron chi connectivity index (χ1n) is 11.7. The molecule has 3 aromatic rings. The third kappa shape index (κ3) is 5.22. The van der Waals surface area contributed by atoms with E-state index >= 15 is 8.78 Å². The van der Waals surface area contributed by atoms with Crippen molar-refractivity contribution in [3.05, 3.63) is 103 Å². The molecule has 0 saturated carbocycles. The maximum absolute atomic E-state index is 15.9. The Hall–Kier alpha value is -2.88. The lowest BCUT2D eigenvalue weighted by Gasteiger charge is -2.41. The molecule has 3 aromatic carbocycles. The molecule has 0 spiro atoms. The minimum atomic E-state index is -3.34. The Morgan fingerprint density at radius 2 is 1.26 bits per heavy atom. The highest BCUT2D eigenvalue weighted by Gasteiger charge is 2.54. The monoisotopic (exact) mass is 505 g/mol. The van der Waals surface area contributed by atoms with Gasteiger partial charge in [-0.15, -0.1) is 11.8 Å². The minimum absolute atomic E-state index is 0.208. The Labute approximate surface area is 211 Å². The molecule has 0 heterocycles.